The van der Waals surface area contributed by atoms with E-state index in [0.29, 0.717) is 12.1 Å². The standard InChI is InChI=1S/C14H26N2S/c1-11-8-9-16(12(2)10-11)14(17)15-13-6-4-3-5-7-13/h11-13H,3-10H2,1-2H3,(H,15,17). The third kappa shape index (κ3) is 3.57. The monoisotopic (exact) mass is 254 g/mol. The highest BCUT2D eigenvalue weighted by molar-refractivity contribution is 7.80. The zero-order valence-electron chi connectivity index (χ0n) is 11.2. The molecule has 2 aliphatic rings. The minimum Gasteiger partial charge on any atom is -0.360 e. The third-order valence-electron chi connectivity index (χ3n) is 4.33. The molecular formula is C14H26N2S. The molecular weight excluding hydrogens is 228 g/mol. The van der Waals surface area contributed by atoms with Gasteiger partial charge in [-0.3, -0.25) is 0 Å². The predicted octanol–water partition coefficient (Wildman–Crippen LogP) is 3.31. The van der Waals surface area contributed by atoms with Crippen molar-refractivity contribution in [2.75, 3.05) is 6.54 Å². The number of nitrogens with one attached hydrogen (secondary N) is 1. The summed E-state index contributed by atoms with van der Waals surface area (Å²) < 4.78 is 0. The summed E-state index contributed by atoms with van der Waals surface area (Å²) in [7, 11) is 0. The first-order chi connectivity index (χ1) is 8.16. The molecule has 0 aromatic heterocycles. The van der Waals surface area contributed by atoms with Crippen molar-refractivity contribution in [3.63, 3.8) is 0 Å². The van der Waals surface area contributed by atoms with Crippen LogP contribution in [0.2, 0.25) is 0 Å². The molecule has 98 valence electrons. The zero-order valence-corrected chi connectivity index (χ0v) is 12.1. The quantitative estimate of drug-likeness (QED) is 0.723. The Morgan fingerprint density at radius 1 is 1.12 bits per heavy atom. The van der Waals surface area contributed by atoms with Crippen molar-refractivity contribution >= 4 is 17.3 Å². The average molecular weight is 254 g/mol. The van der Waals surface area contributed by atoms with Gasteiger partial charge in [-0.25, -0.2) is 0 Å². The van der Waals surface area contributed by atoms with Gasteiger partial charge in [-0.05, 0) is 50.7 Å². The van der Waals surface area contributed by atoms with Crippen LogP contribution >= 0.6 is 12.2 Å². The molecule has 1 heterocycles. The molecule has 0 aromatic carbocycles. The topological polar surface area (TPSA) is 15.3 Å². The molecule has 0 amide bonds. The van der Waals surface area contributed by atoms with E-state index in [4.69, 9.17) is 12.2 Å². The fraction of sp³-hybridized carbons (Fsp3) is 0.929. The maximum atomic E-state index is 5.59. The summed E-state index contributed by atoms with van der Waals surface area (Å²) in [6.07, 6.45) is 9.32. The molecule has 2 rings (SSSR count). The molecule has 0 bridgehead atoms. The normalized spacial score (nSPS) is 31.3. The molecule has 1 aliphatic heterocycles. The molecule has 0 spiro atoms. The third-order valence-corrected chi connectivity index (χ3v) is 4.68. The molecule has 2 fully saturated rings. The average Bonchev–Trinajstić information content (AvgIpc) is 2.30. The Labute approximate surface area is 111 Å². The fourth-order valence-electron chi connectivity index (χ4n) is 3.21. The number of likely N-dealkylation sites (tertiary alicyclic amines) is 1. The van der Waals surface area contributed by atoms with Gasteiger partial charge in [0, 0.05) is 18.6 Å². The smallest absolute Gasteiger partial charge is 0.169 e. The Bertz CT molecular complexity index is 261. The second-order valence-electron chi connectivity index (χ2n) is 5.96. The van der Waals surface area contributed by atoms with Crippen LogP contribution in [0.5, 0.6) is 0 Å². The summed E-state index contributed by atoms with van der Waals surface area (Å²) in [5, 5.41) is 4.60. The Morgan fingerprint density at radius 3 is 2.47 bits per heavy atom. The summed E-state index contributed by atoms with van der Waals surface area (Å²) in [6.45, 7) is 5.80. The van der Waals surface area contributed by atoms with Crippen LogP contribution in [0.1, 0.15) is 58.8 Å². The first kappa shape index (κ1) is 13.1. The van der Waals surface area contributed by atoms with E-state index < -0.39 is 0 Å². The lowest BCUT2D eigenvalue weighted by Crippen LogP contribution is -2.51. The van der Waals surface area contributed by atoms with Gasteiger partial charge in [0.2, 0.25) is 0 Å². The lowest BCUT2D eigenvalue weighted by Gasteiger charge is -2.39. The number of piperidine rings is 1. The van der Waals surface area contributed by atoms with Gasteiger partial charge < -0.3 is 10.2 Å². The maximum absolute atomic E-state index is 5.59. The number of nitrogens with zero attached hydrogens (tertiary/aromatic N) is 1. The molecule has 17 heavy (non-hydrogen) atoms. The Kier molecular flexibility index (Phi) is 4.66. The molecule has 0 radical (unpaired) electrons. The van der Waals surface area contributed by atoms with Gasteiger partial charge in [0.25, 0.3) is 0 Å². The summed E-state index contributed by atoms with van der Waals surface area (Å²) >= 11 is 5.59. The van der Waals surface area contributed by atoms with Crippen LogP contribution in [0.4, 0.5) is 0 Å². The van der Waals surface area contributed by atoms with Gasteiger partial charge in [0.1, 0.15) is 0 Å². The van der Waals surface area contributed by atoms with E-state index in [-0.39, 0.29) is 0 Å². The van der Waals surface area contributed by atoms with Gasteiger partial charge >= 0.3 is 0 Å². The number of hydrogen-bond donors (Lipinski definition) is 1. The van der Waals surface area contributed by atoms with E-state index in [9.17, 15) is 0 Å². The summed E-state index contributed by atoms with van der Waals surface area (Å²) in [6, 6.07) is 1.25. The first-order valence-electron chi connectivity index (χ1n) is 7.24. The zero-order chi connectivity index (χ0) is 12.3. The van der Waals surface area contributed by atoms with E-state index >= 15 is 0 Å². The van der Waals surface area contributed by atoms with Crippen molar-refractivity contribution in [2.45, 2.75) is 70.9 Å². The van der Waals surface area contributed by atoms with Gasteiger partial charge in [0.15, 0.2) is 5.11 Å². The van der Waals surface area contributed by atoms with Crippen molar-refractivity contribution in [3.8, 4) is 0 Å². The minimum atomic E-state index is 0.613. The van der Waals surface area contributed by atoms with E-state index in [1.807, 2.05) is 0 Å². The van der Waals surface area contributed by atoms with Crippen LogP contribution in [-0.4, -0.2) is 28.6 Å². The number of rotatable bonds is 1. The van der Waals surface area contributed by atoms with E-state index in [1.54, 1.807) is 0 Å². The van der Waals surface area contributed by atoms with Crippen molar-refractivity contribution in [1.82, 2.24) is 10.2 Å². The highest BCUT2D eigenvalue weighted by atomic mass is 32.1. The Hall–Kier alpha value is -0.310. The van der Waals surface area contributed by atoms with Crippen LogP contribution in [-0.2, 0) is 0 Å². The van der Waals surface area contributed by atoms with Crippen molar-refractivity contribution in [1.29, 1.82) is 0 Å². The maximum Gasteiger partial charge on any atom is 0.169 e. The van der Waals surface area contributed by atoms with E-state index in [2.05, 4.69) is 24.1 Å². The summed E-state index contributed by atoms with van der Waals surface area (Å²) in [4.78, 5) is 2.41. The van der Waals surface area contributed by atoms with Crippen LogP contribution in [0.3, 0.4) is 0 Å². The molecule has 1 saturated heterocycles. The highest BCUT2D eigenvalue weighted by Gasteiger charge is 2.26. The lowest BCUT2D eigenvalue weighted by molar-refractivity contribution is 0.205. The molecule has 2 atom stereocenters. The molecule has 2 nitrogen and oxygen atoms in total. The minimum absolute atomic E-state index is 0.613. The molecule has 0 aromatic rings. The van der Waals surface area contributed by atoms with Crippen LogP contribution in [0, 0.1) is 5.92 Å². The largest absolute Gasteiger partial charge is 0.360 e. The second-order valence-corrected chi connectivity index (χ2v) is 6.34. The van der Waals surface area contributed by atoms with Crippen LogP contribution in [0.15, 0.2) is 0 Å². The lowest BCUT2D eigenvalue weighted by atomic mass is 9.93. The van der Waals surface area contributed by atoms with E-state index in [0.717, 1.165) is 17.6 Å². The molecule has 1 aliphatic carbocycles. The number of hydrogen-bond acceptors (Lipinski definition) is 1. The van der Waals surface area contributed by atoms with Crippen molar-refractivity contribution in [3.05, 3.63) is 0 Å². The highest BCUT2D eigenvalue weighted by Crippen LogP contribution is 2.23. The Morgan fingerprint density at radius 2 is 1.82 bits per heavy atom. The molecule has 2 unspecified atom stereocenters. The van der Waals surface area contributed by atoms with Gasteiger partial charge in [0.05, 0.1) is 0 Å². The van der Waals surface area contributed by atoms with E-state index in [1.165, 1.54) is 44.9 Å². The first-order valence-corrected chi connectivity index (χ1v) is 7.65. The van der Waals surface area contributed by atoms with Gasteiger partial charge in [-0.15, -0.1) is 0 Å². The van der Waals surface area contributed by atoms with Crippen molar-refractivity contribution in [2.24, 2.45) is 5.92 Å². The molecule has 1 N–H and O–H groups in total. The SMILES string of the molecule is CC1CCN(C(=S)NC2CCCCC2)C(C)C1. The van der Waals surface area contributed by atoms with Gasteiger partial charge in [-0.2, -0.15) is 0 Å². The predicted molar refractivity (Wildman–Crippen MR) is 77.2 cm³/mol. The summed E-state index contributed by atoms with van der Waals surface area (Å²) in [5.74, 6) is 0.860. The van der Waals surface area contributed by atoms with Crippen LogP contribution < -0.4 is 5.32 Å². The fourth-order valence-corrected chi connectivity index (χ4v) is 3.65. The molecule has 1 saturated carbocycles. The van der Waals surface area contributed by atoms with Crippen molar-refractivity contribution < 1.29 is 0 Å². The Balaban J connectivity index is 1.82. The number of thiocarbonyl (C=S) groups is 1. The van der Waals surface area contributed by atoms with Gasteiger partial charge in [-0.1, -0.05) is 26.2 Å². The van der Waals surface area contributed by atoms with Crippen LogP contribution in [0.25, 0.3) is 0 Å². The second kappa shape index (κ2) is 6.03. The summed E-state index contributed by atoms with van der Waals surface area (Å²) in [5.41, 5.74) is 0. The molecule has 3 heteroatoms.